The van der Waals surface area contributed by atoms with Gasteiger partial charge < -0.3 is 5.11 Å². The summed E-state index contributed by atoms with van der Waals surface area (Å²) in [5, 5.41) is 9.36. The lowest BCUT2D eigenvalue weighted by Crippen LogP contribution is -2.35. The molecule has 2 unspecified atom stereocenters. The molecule has 0 heterocycles. The van der Waals surface area contributed by atoms with Gasteiger partial charge >= 0.3 is 0 Å². The van der Waals surface area contributed by atoms with Crippen molar-refractivity contribution >= 4 is 0 Å². The fourth-order valence-electron chi connectivity index (χ4n) is 3.32. The molecule has 2 atom stereocenters. The van der Waals surface area contributed by atoms with Gasteiger partial charge in [-0.2, -0.15) is 0 Å². The summed E-state index contributed by atoms with van der Waals surface area (Å²) in [7, 11) is 0. The van der Waals surface area contributed by atoms with E-state index >= 15 is 0 Å². The Morgan fingerprint density at radius 1 is 1.43 bits per heavy atom. The van der Waals surface area contributed by atoms with Crippen LogP contribution in [0.5, 0.6) is 0 Å². The van der Waals surface area contributed by atoms with Crippen LogP contribution in [-0.2, 0) is 0 Å². The number of allylic oxidation sites excluding steroid dienone is 1. The van der Waals surface area contributed by atoms with E-state index in [1.54, 1.807) is 5.57 Å². The van der Waals surface area contributed by atoms with Crippen molar-refractivity contribution in [2.45, 2.75) is 46.0 Å². The van der Waals surface area contributed by atoms with Crippen LogP contribution in [0.3, 0.4) is 0 Å². The molecule has 1 nitrogen and oxygen atoms in total. The first-order valence-corrected chi connectivity index (χ1v) is 5.96. The SMILES string of the molecule is CC1(C)CCC=C2C(CO)CCCC21. The van der Waals surface area contributed by atoms with Crippen LogP contribution in [0.4, 0.5) is 0 Å². The average molecular weight is 194 g/mol. The minimum atomic E-state index is 0.360. The molecule has 2 aliphatic rings. The molecular formula is C13H22O. The largest absolute Gasteiger partial charge is 0.396 e. The van der Waals surface area contributed by atoms with Crippen molar-refractivity contribution in [2.24, 2.45) is 17.3 Å². The number of fused-ring (bicyclic) bond motifs is 1. The molecular weight excluding hydrogens is 172 g/mol. The quantitative estimate of drug-likeness (QED) is 0.636. The molecule has 1 fully saturated rings. The molecule has 80 valence electrons. The van der Waals surface area contributed by atoms with Crippen molar-refractivity contribution < 1.29 is 5.11 Å². The standard InChI is InChI=1S/C13H22O/c1-13(2)8-4-6-11-10(9-14)5-3-7-12(11)13/h6,10,12,14H,3-5,7-9H2,1-2H3. The summed E-state index contributed by atoms with van der Waals surface area (Å²) in [5.74, 6) is 1.23. The van der Waals surface area contributed by atoms with Crippen LogP contribution in [0, 0.1) is 17.3 Å². The predicted molar refractivity (Wildman–Crippen MR) is 59.0 cm³/mol. The smallest absolute Gasteiger partial charge is 0.0496 e. The molecule has 0 bridgehead atoms. The lowest BCUT2D eigenvalue weighted by Gasteiger charge is -2.45. The lowest BCUT2D eigenvalue weighted by molar-refractivity contribution is 0.134. The Bertz CT molecular complexity index is 240. The fourth-order valence-corrected chi connectivity index (χ4v) is 3.32. The molecule has 14 heavy (non-hydrogen) atoms. The molecule has 0 spiro atoms. The van der Waals surface area contributed by atoms with Crippen molar-refractivity contribution in [3.63, 3.8) is 0 Å². The number of aliphatic hydroxyl groups excluding tert-OH is 1. The molecule has 1 saturated carbocycles. The minimum Gasteiger partial charge on any atom is -0.396 e. The third-order valence-corrected chi connectivity index (χ3v) is 4.25. The summed E-state index contributed by atoms with van der Waals surface area (Å²) >= 11 is 0. The van der Waals surface area contributed by atoms with Crippen LogP contribution < -0.4 is 0 Å². The van der Waals surface area contributed by atoms with Crippen LogP contribution >= 0.6 is 0 Å². The van der Waals surface area contributed by atoms with E-state index in [2.05, 4.69) is 19.9 Å². The Kier molecular flexibility index (Phi) is 2.70. The van der Waals surface area contributed by atoms with Gasteiger partial charge in [0.05, 0.1) is 0 Å². The zero-order valence-corrected chi connectivity index (χ0v) is 9.42. The minimum absolute atomic E-state index is 0.360. The number of rotatable bonds is 1. The topological polar surface area (TPSA) is 20.2 Å². The van der Waals surface area contributed by atoms with Crippen molar-refractivity contribution in [3.05, 3.63) is 11.6 Å². The van der Waals surface area contributed by atoms with Gasteiger partial charge in [-0.25, -0.2) is 0 Å². The monoisotopic (exact) mass is 194 g/mol. The number of hydrogen-bond donors (Lipinski definition) is 1. The van der Waals surface area contributed by atoms with Gasteiger partial charge in [0.25, 0.3) is 0 Å². The third-order valence-electron chi connectivity index (χ3n) is 4.25. The maximum absolute atomic E-state index is 9.36. The van der Waals surface area contributed by atoms with Gasteiger partial charge in [0, 0.05) is 12.5 Å². The Morgan fingerprint density at radius 2 is 2.21 bits per heavy atom. The second-order valence-corrected chi connectivity index (χ2v) is 5.59. The third kappa shape index (κ3) is 1.63. The van der Waals surface area contributed by atoms with Crippen LogP contribution in [0.25, 0.3) is 0 Å². The first-order chi connectivity index (χ1) is 6.65. The van der Waals surface area contributed by atoms with Crippen LogP contribution in [0.15, 0.2) is 11.6 Å². The van der Waals surface area contributed by atoms with E-state index in [0.717, 1.165) is 5.92 Å². The number of hydrogen-bond acceptors (Lipinski definition) is 1. The fraction of sp³-hybridized carbons (Fsp3) is 0.846. The highest BCUT2D eigenvalue weighted by Crippen LogP contribution is 2.49. The first kappa shape index (κ1) is 10.2. The Hall–Kier alpha value is -0.300. The van der Waals surface area contributed by atoms with Crippen LogP contribution in [-0.4, -0.2) is 11.7 Å². The highest BCUT2D eigenvalue weighted by atomic mass is 16.3. The molecule has 1 heteroatoms. The van der Waals surface area contributed by atoms with Gasteiger partial charge in [0.1, 0.15) is 0 Å². The zero-order valence-electron chi connectivity index (χ0n) is 9.42. The summed E-state index contributed by atoms with van der Waals surface area (Å²) in [6.45, 7) is 5.15. The second kappa shape index (κ2) is 3.69. The predicted octanol–water partition coefficient (Wildman–Crippen LogP) is 3.14. The highest BCUT2D eigenvalue weighted by molar-refractivity contribution is 5.19. The lowest BCUT2D eigenvalue weighted by atomic mass is 9.61. The van der Waals surface area contributed by atoms with Crippen molar-refractivity contribution in [2.75, 3.05) is 6.61 Å². The highest BCUT2D eigenvalue weighted by Gasteiger charge is 2.38. The second-order valence-electron chi connectivity index (χ2n) is 5.59. The van der Waals surface area contributed by atoms with E-state index < -0.39 is 0 Å². The van der Waals surface area contributed by atoms with E-state index in [9.17, 15) is 5.11 Å². The molecule has 0 aromatic carbocycles. The Morgan fingerprint density at radius 3 is 2.93 bits per heavy atom. The molecule has 1 N–H and O–H groups in total. The molecule has 0 aromatic rings. The van der Waals surface area contributed by atoms with Gasteiger partial charge in [-0.3, -0.25) is 0 Å². The molecule has 2 rings (SSSR count). The van der Waals surface area contributed by atoms with E-state index in [4.69, 9.17) is 0 Å². The van der Waals surface area contributed by atoms with E-state index in [1.807, 2.05) is 0 Å². The zero-order chi connectivity index (χ0) is 10.2. The summed E-state index contributed by atoms with van der Waals surface area (Å²) < 4.78 is 0. The molecule has 2 aliphatic carbocycles. The van der Waals surface area contributed by atoms with Crippen molar-refractivity contribution in [1.82, 2.24) is 0 Å². The van der Waals surface area contributed by atoms with Crippen molar-refractivity contribution in [3.8, 4) is 0 Å². The van der Waals surface area contributed by atoms with Gasteiger partial charge in [0.15, 0.2) is 0 Å². The maximum atomic E-state index is 9.36. The summed E-state index contributed by atoms with van der Waals surface area (Å²) in [4.78, 5) is 0. The summed E-state index contributed by atoms with van der Waals surface area (Å²) in [6.07, 6.45) is 8.80. The van der Waals surface area contributed by atoms with Gasteiger partial charge in [-0.05, 0) is 37.0 Å². The summed E-state index contributed by atoms with van der Waals surface area (Å²) in [5.41, 5.74) is 2.05. The van der Waals surface area contributed by atoms with Gasteiger partial charge in [-0.15, -0.1) is 0 Å². The summed E-state index contributed by atoms with van der Waals surface area (Å²) in [6, 6.07) is 0. The molecule has 0 aliphatic heterocycles. The molecule has 0 saturated heterocycles. The molecule has 0 aromatic heterocycles. The molecule has 0 radical (unpaired) electrons. The van der Waals surface area contributed by atoms with Gasteiger partial charge in [-0.1, -0.05) is 31.9 Å². The van der Waals surface area contributed by atoms with Crippen LogP contribution in [0.2, 0.25) is 0 Å². The van der Waals surface area contributed by atoms with E-state index in [1.165, 1.54) is 32.1 Å². The normalized spacial score (nSPS) is 36.1. The van der Waals surface area contributed by atoms with Crippen LogP contribution in [0.1, 0.15) is 46.0 Å². The Labute approximate surface area is 87.2 Å². The van der Waals surface area contributed by atoms with E-state index in [-0.39, 0.29) is 0 Å². The molecule has 0 amide bonds. The first-order valence-electron chi connectivity index (χ1n) is 5.96. The van der Waals surface area contributed by atoms with Gasteiger partial charge in [0.2, 0.25) is 0 Å². The number of aliphatic hydroxyl groups is 1. The Balaban J connectivity index is 2.24. The van der Waals surface area contributed by atoms with Crippen molar-refractivity contribution in [1.29, 1.82) is 0 Å². The average Bonchev–Trinajstić information content (AvgIpc) is 2.17. The maximum Gasteiger partial charge on any atom is 0.0496 e. The van der Waals surface area contributed by atoms with E-state index in [0.29, 0.717) is 17.9 Å².